The molecule has 1 amide bonds. The standard InChI is InChI=1S/C27H25N5O2S/c1-15-10-11-23(34-5)22(12-15)31-17(3)13-19(18(31)4)14-21-24(28)32-27(29-25(21)33)35-26(30-32)20-9-7-6-8-16(20)2/h6-14,28H,1-5H3/b21-14-,28-24?. The molecule has 0 aliphatic carbocycles. The highest BCUT2D eigenvalue weighted by Gasteiger charge is 2.36. The van der Waals surface area contributed by atoms with Crippen molar-refractivity contribution in [2.75, 3.05) is 7.11 Å². The minimum Gasteiger partial charge on any atom is -0.495 e. The van der Waals surface area contributed by atoms with Crippen molar-refractivity contribution in [3.05, 3.63) is 87.7 Å². The predicted molar refractivity (Wildman–Crippen MR) is 142 cm³/mol. The highest BCUT2D eigenvalue weighted by molar-refractivity contribution is 8.27. The predicted octanol–water partition coefficient (Wildman–Crippen LogP) is 5.39. The van der Waals surface area contributed by atoms with Gasteiger partial charge >= 0.3 is 0 Å². The molecule has 0 unspecified atom stereocenters. The molecule has 3 aromatic rings. The van der Waals surface area contributed by atoms with Crippen LogP contribution in [0, 0.1) is 33.1 Å². The molecule has 1 aromatic heterocycles. The Bertz CT molecular complexity index is 1500. The van der Waals surface area contributed by atoms with Crippen molar-refractivity contribution in [3.8, 4) is 11.4 Å². The van der Waals surface area contributed by atoms with Gasteiger partial charge in [0.2, 0.25) is 5.17 Å². The molecular formula is C27H25N5O2S. The number of ether oxygens (including phenoxy) is 1. The van der Waals surface area contributed by atoms with Crippen LogP contribution in [0.3, 0.4) is 0 Å². The summed E-state index contributed by atoms with van der Waals surface area (Å²) in [6.45, 7) is 8.06. The lowest BCUT2D eigenvalue weighted by molar-refractivity contribution is -0.114. The largest absolute Gasteiger partial charge is 0.495 e. The van der Waals surface area contributed by atoms with Crippen LogP contribution < -0.4 is 4.74 Å². The van der Waals surface area contributed by atoms with Gasteiger partial charge in [-0.1, -0.05) is 30.3 Å². The van der Waals surface area contributed by atoms with Crippen molar-refractivity contribution in [1.29, 1.82) is 5.41 Å². The average Bonchev–Trinajstić information content (AvgIpc) is 3.37. The maximum absolute atomic E-state index is 13.0. The van der Waals surface area contributed by atoms with Gasteiger partial charge in [0.15, 0.2) is 5.84 Å². The van der Waals surface area contributed by atoms with Crippen molar-refractivity contribution in [1.82, 2.24) is 9.58 Å². The summed E-state index contributed by atoms with van der Waals surface area (Å²) in [6, 6.07) is 16.0. The lowest BCUT2D eigenvalue weighted by atomic mass is 10.1. The van der Waals surface area contributed by atoms with E-state index in [1.54, 1.807) is 13.2 Å². The van der Waals surface area contributed by atoms with Crippen molar-refractivity contribution in [2.45, 2.75) is 27.7 Å². The summed E-state index contributed by atoms with van der Waals surface area (Å²) >= 11 is 1.31. The molecular weight excluding hydrogens is 458 g/mol. The third-order valence-corrected chi connectivity index (χ3v) is 7.12. The summed E-state index contributed by atoms with van der Waals surface area (Å²) in [4.78, 5) is 17.2. The summed E-state index contributed by atoms with van der Waals surface area (Å²) in [6.07, 6.45) is 1.73. The van der Waals surface area contributed by atoms with Gasteiger partial charge in [-0.2, -0.15) is 15.1 Å². The fourth-order valence-corrected chi connectivity index (χ4v) is 5.33. The summed E-state index contributed by atoms with van der Waals surface area (Å²) in [5.41, 5.74) is 7.08. The number of aliphatic imine (C=N–C) groups is 1. The SMILES string of the molecule is COc1ccc(C)cc1-n1c(C)cc(/C=C2/C(=N)N3N=C(c4ccccc4C)SC3=NC2=O)c1C. The number of methoxy groups -OCH3 is 1. The van der Waals surface area contributed by atoms with Gasteiger partial charge in [0.1, 0.15) is 10.8 Å². The van der Waals surface area contributed by atoms with Crippen molar-refractivity contribution in [3.63, 3.8) is 0 Å². The van der Waals surface area contributed by atoms with E-state index in [1.807, 2.05) is 70.2 Å². The minimum atomic E-state index is -0.437. The van der Waals surface area contributed by atoms with E-state index in [2.05, 4.69) is 20.7 Å². The number of benzene rings is 2. The second kappa shape index (κ2) is 8.70. The van der Waals surface area contributed by atoms with Gasteiger partial charge in [0, 0.05) is 17.0 Å². The lowest BCUT2D eigenvalue weighted by Crippen LogP contribution is -2.35. The zero-order chi connectivity index (χ0) is 24.9. The normalized spacial score (nSPS) is 16.5. The molecule has 1 N–H and O–H groups in total. The first-order valence-corrected chi connectivity index (χ1v) is 12.0. The number of nitrogens with one attached hydrogen (secondary N) is 1. The van der Waals surface area contributed by atoms with E-state index in [0.717, 1.165) is 50.1 Å². The number of aromatic nitrogens is 1. The van der Waals surface area contributed by atoms with Crippen LogP contribution in [-0.2, 0) is 4.79 Å². The quantitative estimate of drug-likeness (QED) is 0.505. The Hall–Kier alpha value is -3.91. The number of carbonyl (C=O) groups is 1. The Kier molecular flexibility index (Phi) is 5.68. The second-order valence-corrected chi connectivity index (χ2v) is 9.53. The number of nitrogens with zero attached hydrogens (tertiary/aromatic N) is 4. The number of hydrazone groups is 1. The molecule has 0 radical (unpaired) electrons. The Morgan fingerprint density at radius 1 is 1.06 bits per heavy atom. The van der Waals surface area contributed by atoms with Crippen LogP contribution in [0.2, 0.25) is 0 Å². The van der Waals surface area contributed by atoms with Crippen LogP contribution in [0.5, 0.6) is 5.75 Å². The smallest absolute Gasteiger partial charge is 0.283 e. The zero-order valence-electron chi connectivity index (χ0n) is 20.2. The molecule has 2 aromatic carbocycles. The Morgan fingerprint density at radius 3 is 2.57 bits per heavy atom. The minimum absolute atomic E-state index is 0.0222. The maximum Gasteiger partial charge on any atom is 0.283 e. The first-order valence-electron chi connectivity index (χ1n) is 11.2. The highest BCUT2D eigenvalue weighted by atomic mass is 32.2. The number of hydrogen-bond acceptors (Lipinski definition) is 5. The van der Waals surface area contributed by atoms with Crippen LogP contribution in [0.4, 0.5) is 0 Å². The molecule has 3 heterocycles. The van der Waals surface area contributed by atoms with E-state index in [0.29, 0.717) is 5.17 Å². The first-order chi connectivity index (χ1) is 16.8. The van der Waals surface area contributed by atoms with Crippen molar-refractivity contribution in [2.24, 2.45) is 10.1 Å². The Labute approximate surface area is 208 Å². The molecule has 2 aliphatic rings. The van der Waals surface area contributed by atoms with E-state index >= 15 is 0 Å². The fraction of sp³-hybridized carbons (Fsp3) is 0.185. The highest BCUT2D eigenvalue weighted by Crippen LogP contribution is 2.33. The number of amides is 1. The molecule has 0 fully saturated rings. The van der Waals surface area contributed by atoms with Gasteiger partial charge in [-0.15, -0.1) is 0 Å². The van der Waals surface area contributed by atoms with Gasteiger partial charge in [-0.3, -0.25) is 10.2 Å². The molecule has 0 bridgehead atoms. The molecule has 0 spiro atoms. The maximum atomic E-state index is 13.0. The molecule has 2 aliphatic heterocycles. The van der Waals surface area contributed by atoms with Crippen molar-refractivity contribution < 1.29 is 9.53 Å². The zero-order valence-corrected chi connectivity index (χ0v) is 21.0. The van der Waals surface area contributed by atoms with Gasteiger partial charge < -0.3 is 9.30 Å². The molecule has 0 saturated heterocycles. The van der Waals surface area contributed by atoms with Crippen LogP contribution >= 0.6 is 11.8 Å². The molecule has 7 nitrogen and oxygen atoms in total. The number of thioether (sulfide) groups is 1. The summed E-state index contributed by atoms with van der Waals surface area (Å²) < 4.78 is 7.70. The monoisotopic (exact) mass is 483 g/mol. The van der Waals surface area contributed by atoms with Gasteiger partial charge in [0.05, 0.1) is 18.4 Å². The van der Waals surface area contributed by atoms with Crippen molar-refractivity contribution >= 4 is 39.8 Å². The Morgan fingerprint density at radius 2 is 1.83 bits per heavy atom. The molecule has 5 rings (SSSR count). The molecule has 0 atom stereocenters. The summed E-state index contributed by atoms with van der Waals surface area (Å²) in [7, 11) is 1.66. The van der Waals surface area contributed by atoms with Gasteiger partial charge in [0.25, 0.3) is 5.91 Å². The van der Waals surface area contributed by atoms with E-state index in [9.17, 15) is 4.79 Å². The molecule has 8 heteroatoms. The second-order valence-electron chi connectivity index (χ2n) is 8.58. The van der Waals surface area contributed by atoms with Crippen LogP contribution in [0.25, 0.3) is 11.8 Å². The molecule has 176 valence electrons. The summed E-state index contributed by atoms with van der Waals surface area (Å²) in [5, 5.41) is 16.0. The van der Waals surface area contributed by atoms with E-state index in [-0.39, 0.29) is 11.4 Å². The third kappa shape index (κ3) is 3.89. The van der Waals surface area contributed by atoms with E-state index in [1.165, 1.54) is 16.8 Å². The molecule has 35 heavy (non-hydrogen) atoms. The average molecular weight is 484 g/mol. The van der Waals surface area contributed by atoms with Crippen LogP contribution in [-0.4, -0.2) is 38.6 Å². The van der Waals surface area contributed by atoms with E-state index < -0.39 is 5.91 Å². The van der Waals surface area contributed by atoms with Gasteiger partial charge in [-0.25, -0.2) is 0 Å². The molecule has 0 saturated carbocycles. The number of rotatable bonds is 4. The third-order valence-electron chi connectivity index (χ3n) is 6.18. The number of fused-ring (bicyclic) bond motifs is 1. The lowest BCUT2D eigenvalue weighted by Gasteiger charge is -2.20. The first kappa shape index (κ1) is 22.9. The topological polar surface area (TPSA) is 83.0 Å². The Balaban J connectivity index is 1.54. The number of aryl methyl sites for hydroxylation is 3. The summed E-state index contributed by atoms with van der Waals surface area (Å²) in [5.74, 6) is 0.349. The van der Waals surface area contributed by atoms with Crippen LogP contribution in [0.15, 0.2) is 64.2 Å². The van der Waals surface area contributed by atoms with Crippen LogP contribution in [0.1, 0.15) is 33.6 Å². The van der Waals surface area contributed by atoms with Gasteiger partial charge in [-0.05, 0) is 80.4 Å². The number of carbonyl (C=O) groups excluding carboxylic acids is 1. The van der Waals surface area contributed by atoms with E-state index in [4.69, 9.17) is 10.1 Å². The number of hydrogen-bond donors (Lipinski definition) is 1. The number of amidine groups is 2. The fourth-order valence-electron chi connectivity index (χ4n) is 4.35.